The highest BCUT2D eigenvalue weighted by molar-refractivity contribution is 6.04. The van der Waals surface area contributed by atoms with E-state index < -0.39 is 0 Å². The number of carbonyl (C=O) groups is 2. The molecule has 2 aliphatic rings. The van der Waals surface area contributed by atoms with Crippen molar-refractivity contribution in [1.82, 2.24) is 4.90 Å². The Morgan fingerprint density at radius 2 is 1.74 bits per heavy atom. The molecular weight excluding hydrogens is 390 g/mol. The van der Waals surface area contributed by atoms with Crippen molar-refractivity contribution in [3.8, 4) is 5.75 Å². The molecule has 31 heavy (non-hydrogen) atoms. The number of anilines is 1. The minimum absolute atomic E-state index is 0.185. The summed E-state index contributed by atoms with van der Waals surface area (Å²) in [5, 5.41) is 2.92. The molecule has 2 fully saturated rings. The summed E-state index contributed by atoms with van der Waals surface area (Å²) in [6.07, 6.45) is 5.94. The van der Waals surface area contributed by atoms with Crippen LogP contribution >= 0.6 is 0 Å². The number of hydrogen-bond donors (Lipinski definition) is 2. The van der Waals surface area contributed by atoms with Gasteiger partial charge in [-0.1, -0.05) is 18.2 Å². The summed E-state index contributed by atoms with van der Waals surface area (Å²) >= 11 is 0. The second kappa shape index (κ2) is 9.52. The summed E-state index contributed by atoms with van der Waals surface area (Å²) in [5.74, 6) is 0.954. The summed E-state index contributed by atoms with van der Waals surface area (Å²) in [5.41, 5.74) is 8.40. The minimum atomic E-state index is -0.185. The Balaban J connectivity index is 1.41. The topological polar surface area (TPSA) is 84.7 Å². The molecule has 0 bridgehead atoms. The van der Waals surface area contributed by atoms with Crippen LogP contribution in [0.25, 0.3) is 0 Å². The van der Waals surface area contributed by atoms with E-state index in [2.05, 4.69) is 10.2 Å². The molecule has 4 rings (SSSR count). The molecule has 0 saturated heterocycles. The summed E-state index contributed by atoms with van der Waals surface area (Å²) in [4.78, 5) is 27.5. The van der Waals surface area contributed by atoms with Crippen LogP contribution in [0.3, 0.4) is 0 Å². The molecule has 2 amide bonds. The van der Waals surface area contributed by atoms with Crippen LogP contribution in [0.4, 0.5) is 5.69 Å². The summed E-state index contributed by atoms with van der Waals surface area (Å²) < 4.78 is 5.19. The van der Waals surface area contributed by atoms with Gasteiger partial charge < -0.3 is 20.7 Å². The van der Waals surface area contributed by atoms with Crippen molar-refractivity contribution in [1.29, 1.82) is 0 Å². The van der Waals surface area contributed by atoms with Gasteiger partial charge in [0.2, 0.25) is 5.91 Å². The number of nitrogens with one attached hydrogen (secondary N) is 1. The molecule has 2 aromatic carbocycles. The van der Waals surface area contributed by atoms with Crippen molar-refractivity contribution >= 4 is 17.5 Å². The molecule has 0 aromatic heterocycles. The second-order valence-corrected chi connectivity index (χ2v) is 8.69. The molecule has 164 valence electrons. The molecule has 0 unspecified atom stereocenters. The van der Waals surface area contributed by atoms with Gasteiger partial charge in [0, 0.05) is 35.8 Å². The van der Waals surface area contributed by atoms with Crippen molar-refractivity contribution in [2.24, 2.45) is 11.7 Å². The number of benzene rings is 2. The average Bonchev–Trinajstić information content (AvgIpc) is 3.64. The number of nitrogens with two attached hydrogens (primary N) is 1. The van der Waals surface area contributed by atoms with Gasteiger partial charge in [0.1, 0.15) is 5.75 Å². The Kier molecular flexibility index (Phi) is 6.56. The lowest BCUT2D eigenvalue weighted by atomic mass is 9.90. The quantitative estimate of drug-likeness (QED) is 0.709. The highest BCUT2D eigenvalue weighted by Gasteiger charge is 2.37. The van der Waals surface area contributed by atoms with E-state index in [-0.39, 0.29) is 29.8 Å². The molecule has 0 heterocycles. The standard InChI is InChI=1S/C25H31N3O3/c1-31-23-4-2-3-19(15-23)24(29)27-21-11-5-17(6-12-21)16-28(25(30)18-7-8-18)22-13-9-20(26)10-14-22/h2-6,11-12,15,18,20,22H,7-10,13-14,16,26H2,1H3,(H,27,29). The third-order valence-electron chi connectivity index (χ3n) is 6.29. The largest absolute Gasteiger partial charge is 0.497 e. The number of ether oxygens (including phenoxy) is 1. The molecule has 3 N–H and O–H groups in total. The molecule has 2 saturated carbocycles. The smallest absolute Gasteiger partial charge is 0.255 e. The molecule has 0 atom stereocenters. The predicted molar refractivity (Wildman–Crippen MR) is 121 cm³/mol. The number of rotatable bonds is 7. The first-order chi connectivity index (χ1) is 15.0. The normalized spacial score (nSPS) is 20.7. The Bertz CT molecular complexity index is 916. The fourth-order valence-corrected chi connectivity index (χ4v) is 4.22. The first-order valence-electron chi connectivity index (χ1n) is 11.1. The number of nitrogens with zero attached hydrogens (tertiary/aromatic N) is 1. The number of hydrogen-bond acceptors (Lipinski definition) is 4. The molecule has 6 nitrogen and oxygen atoms in total. The zero-order valence-electron chi connectivity index (χ0n) is 18.0. The van der Waals surface area contributed by atoms with Gasteiger partial charge in [-0.3, -0.25) is 9.59 Å². The fraction of sp³-hybridized carbons (Fsp3) is 0.440. The van der Waals surface area contributed by atoms with Gasteiger partial charge in [0.15, 0.2) is 0 Å². The fourth-order valence-electron chi connectivity index (χ4n) is 4.22. The first-order valence-corrected chi connectivity index (χ1v) is 11.1. The van der Waals surface area contributed by atoms with Crippen LogP contribution in [-0.4, -0.2) is 35.9 Å². The molecule has 0 aliphatic heterocycles. The van der Waals surface area contributed by atoms with Gasteiger partial charge in [-0.15, -0.1) is 0 Å². The van der Waals surface area contributed by atoms with Crippen LogP contribution in [0, 0.1) is 5.92 Å². The van der Waals surface area contributed by atoms with E-state index in [0.717, 1.165) is 49.8 Å². The van der Waals surface area contributed by atoms with Gasteiger partial charge in [-0.25, -0.2) is 0 Å². The van der Waals surface area contributed by atoms with Crippen molar-refractivity contribution in [2.45, 2.75) is 57.2 Å². The highest BCUT2D eigenvalue weighted by atomic mass is 16.5. The maximum atomic E-state index is 12.9. The lowest BCUT2D eigenvalue weighted by Crippen LogP contribution is -2.44. The van der Waals surface area contributed by atoms with Crippen LogP contribution in [-0.2, 0) is 11.3 Å². The molecule has 0 spiro atoms. The first kappa shape index (κ1) is 21.4. The van der Waals surface area contributed by atoms with E-state index in [1.807, 2.05) is 24.3 Å². The second-order valence-electron chi connectivity index (χ2n) is 8.69. The van der Waals surface area contributed by atoms with Gasteiger partial charge in [0.05, 0.1) is 7.11 Å². The summed E-state index contributed by atoms with van der Waals surface area (Å²) in [6, 6.07) is 15.4. The van der Waals surface area contributed by atoms with E-state index >= 15 is 0 Å². The Morgan fingerprint density at radius 1 is 1.03 bits per heavy atom. The highest BCUT2D eigenvalue weighted by Crippen LogP contribution is 2.34. The van der Waals surface area contributed by atoms with Crippen LogP contribution < -0.4 is 15.8 Å². The molecule has 2 aromatic rings. The average molecular weight is 422 g/mol. The van der Waals surface area contributed by atoms with Gasteiger partial charge in [-0.2, -0.15) is 0 Å². The van der Waals surface area contributed by atoms with Crippen molar-refractivity contribution in [3.05, 3.63) is 59.7 Å². The third-order valence-corrected chi connectivity index (χ3v) is 6.29. The van der Waals surface area contributed by atoms with E-state index in [9.17, 15) is 9.59 Å². The van der Waals surface area contributed by atoms with E-state index in [1.165, 1.54) is 0 Å². The van der Waals surface area contributed by atoms with Crippen LogP contribution in [0.2, 0.25) is 0 Å². The van der Waals surface area contributed by atoms with E-state index in [0.29, 0.717) is 17.9 Å². The predicted octanol–water partition coefficient (Wildman–Crippen LogP) is 3.96. The van der Waals surface area contributed by atoms with E-state index in [1.54, 1.807) is 31.4 Å². The maximum Gasteiger partial charge on any atom is 0.255 e. The van der Waals surface area contributed by atoms with Gasteiger partial charge in [-0.05, 0) is 74.4 Å². The number of carbonyl (C=O) groups excluding carboxylic acids is 2. The summed E-state index contributed by atoms with van der Waals surface area (Å²) in [6.45, 7) is 0.610. The van der Waals surface area contributed by atoms with Crippen molar-refractivity contribution < 1.29 is 14.3 Å². The SMILES string of the molecule is COc1cccc(C(=O)Nc2ccc(CN(C(=O)C3CC3)C3CCC(N)CC3)cc2)c1. The lowest BCUT2D eigenvalue weighted by molar-refractivity contribution is -0.136. The Hall–Kier alpha value is -2.86. The Labute approximate surface area is 183 Å². The van der Waals surface area contributed by atoms with Gasteiger partial charge >= 0.3 is 0 Å². The zero-order chi connectivity index (χ0) is 21.8. The number of amides is 2. The van der Waals surface area contributed by atoms with Crippen LogP contribution in [0.1, 0.15) is 54.4 Å². The van der Waals surface area contributed by atoms with Crippen molar-refractivity contribution in [3.63, 3.8) is 0 Å². The van der Waals surface area contributed by atoms with Gasteiger partial charge in [0.25, 0.3) is 5.91 Å². The van der Waals surface area contributed by atoms with E-state index in [4.69, 9.17) is 10.5 Å². The third kappa shape index (κ3) is 5.44. The summed E-state index contributed by atoms with van der Waals surface area (Å²) in [7, 11) is 1.58. The van der Waals surface area contributed by atoms with Crippen LogP contribution in [0.5, 0.6) is 5.75 Å². The molecule has 0 radical (unpaired) electrons. The van der Waals surface area contributed by atoms with Crippen LogP contribution in [0.15, 0.2) is 48.5 Å². The molecular formula is C25H31N3O3. The Morgan fingerprint density at radius 3 is 2.39 bits per heavy atom. The zero-order valence-corrected chi connectivity index (χ0v) is 18.0. The maximum absolute atomic E-state index is 12.9. The number of methoxy groups -OCH3 is 1. The lowest BCUT2D eigenvalue weighted by Gasteiger charge is -2.36. The monoisotopic (exact) mass is 421 g/mol. The molecule has 6 heteroatoms. The molecule has 2 aliphatic carbocycles. The van der Waals surface area contributed by atoms with Crippen molar-refractivity contribution in [2.75, 3.05) is 12.4 Å². The minimum Gasteiger partial charge on any atom is -0.497 e.